The number of amides is 1. The number of carboxylic acids is 1. The zero-order chi connectivity index (χ0) is 12.4. The molecule has 1 heterocycles. The van der Waals surface area contributed by atoms with Gasteiger partial charge in [0.2, 0.25) is 0 Å². The summed E-state index contributed by atoms with van der Waals surface area (Å²) in [7, 11) is 1.46. The van der Waals surface area contributed by atoms with Crippen LogP contribution in [0.25, 0.3) is 0 Å². The molecule has 6 nitrogen and oxygen atoms in total. The third-order valence-electron chi connectivity index (χ3n) is 2.38. The van der Waals surface area contributed by atoms with Crippen LogP contribution in [0.5, 0.6) is 5.75 Å². The van der Waals surface area contributed by atoms with E-state index >= 15 is 0 Å². The normalized spacial score (nSPS) is 14.2. The van der Waals surface area contributed by atoms with Gasteiger partial charge in [-0.3, -0.25) is 4.79 Å². The number of aromatic carboxylic acids is 1. The Bertz CT molecular complexity index is 469. The molecule has 0 aliphatic heterocycles. The first-order valence-electron chi connectivity index (χ1n) is 5.24. The number of nitrogens with one attached hydrogen (secondary N) is 1. The molecule has 1 aromatic rings. The number of rotatable bonds is 4. The van der Waals surface area contributed by atoms with E-state index < -0.39 is 11.9 Å². The number of ether oxygens (including phenoxy) is 1. The number of nitrogens with zero attached hydrogens (tertiary/aromatic N) is 1. The van der Waals surface area contributed by atoms with E-state index in [0.29, 0.717) is 0 Å². The first kappa shape index (κ1) is 11.4. The van der Waals surface area contributed by atoms with Gasteiger partial charge in [-0.25, -0.2) is 9.78 Å². The number of hydrogen-bond donors (Lipinski definition) is 2. The molecular weight excluding hydrogens is 224 g/mol. The van der Waals surface area contributed by atoms with Crippen LogP contribution in [0.1, 0.15) is 33.7 Å². The number of carboxylic acid groups (broad SMARTS) is 1. The summed E-state index contributed by atoms with van der Waals surface area (Å²) in [4.78, 5) is 26.2. The standard InChI is InChI=1S/C11H12N2O4/c1-12-10(14)8-4-7(11(15)16)9(5-13-8)17-6-2-3-6/h4-6H,2-3H2,1H3,(H,12,14)(H,15,16). The summed E-state index contributed by atoms with van der Waals surface area (Å²) in [5.41, 5.74) is 0.0264. The second kappa shape index (κ2) is 4.40. The fraction of sp³-hybridized carbons (Fsp3) is 0.364. The van der Waals surface area contributed by atoms with E-state index in [9.17, 15) is 9.59 Å². The summed E-state index contributed by atoms with van der Waals surface area (Å²) in [6, 6.07) is 1.22. The summed E-state index contributed by atoms with van der Waals surface area (Å²) < 4.78 is 5.41. The molecule has 0 atom stereocenters. The molecule has 17 heavy (non-hydrogen) atoms. The van der Waals surface area contributed by atoms with Crippen molar-refractivity contribution in [3.05, 3.63) is 23.5 Å². The van der Waals surface area contributed by atoms with Gasteiger partial charge in [0.1, 0.15) is 11.3 Å². The van der Waals surface area contributed by atoms with Crippen molar-refractivity contribution in [2.45, 2.75) is 18.9 Å². The first-order valence-corrected chi connectivity index (χ1v) is 5.24. The Labute approximate surface area is 97.6 Å². The predicted molar refractivity (Wildman–Crippen MR) is 58.2 cm³/mol. The molecule has 0 aromatic carbocycles. The molecule has 1 aromatic heterocycles. The lowest BCUT2D eigenvalue weighted by molar-refractivity contribution is 0.0691. The van der Waals surface area contributed by atoms with Gasteiger partial charge in [-0.05, 0) is 18.9 Å². The minimum Gasteiger partial charge on any atom is -0.488 e. The summed E-state index contributed by atoms with van der Waals surface area (Å²) in [5.74, 6) is -1.34. The summed E-state index contributed by atoms with van der Waals surface area (Å²) in [6.45, 7) is 0. The molecule has 1 fully saturated rings. The molecule has 1 amide bonds. The van der Waals surface area contributed by atoms with Gasteiger partial charge in [0.15, 0.2) is 5.75 Å². The Morgan fingerprint density at radius 2 is 2.24 bits per heavy atom. The van der Waals surface area contributed by atoms with Gasteiger partial charge < -0.3 is 15.2 Å². The van der Waals surface area contributed by atoms with Gasteiger partial charge in [-0.2, -0.15) is 0 Å². The van der Waals surface area contributed by atoms with Crippen molar-refractivity contribution in [3.63, 3.8) is 0 Å². The molecule has 1 aliphatic rings. The summed E-state index contributed by atoms with van der Waals surface area (Å²) in [5, 5.41) is 11.4. The average Bonchev–Trinajstić information content (AvgIpc) is 3.12. The summed E-state index contributed by atoms with van der Waals surface area (Å²) >= 11 is 0. The number of pyridine rings is 1. The number of hydrogen-bond acceptors (Lipinski definition) is 4. The number of carbonyl (C=O) groups is 2. The van der Waals surface area contributed by atoms with Crippen LogP contribution in [-0.4, -0.2) is 35.1 Å². The van der Waals surface area contributed by atoms with Gasteiger partial charge in [0.25, 0.3) is 5.91 Å². The van der Waals surface area contributed by atoms with Crippen LogP contribution in [0.4, 0.5) is 0 Å². The van der Waals surface area contributed by atoms with Gasteiger partial charge in [-0.1, -0.05) is 0 Å². The lowest BCUT2D eigenvalue weighted by atomic mass is 10.2. The van der Waals surface area contributed by atoms with Gasteiger partial charge in [0, 0.05) is 7.05 Å². The van der Waals surface area contributed by atoms with E-state index in [1.165, 1.54) is 19.3 Å². The van der Waals surface area contributed by atoms with E-state index in [0.717, 1.165) is 12.8 Å². The van der Waals surface area contributed by atoms with Crippen LogP contribution < -0.4 is 10.1 Å². The molecular formula is C11H12N2O4. The van der Waals surface area contributed by atoms with Crippen molar-refractivity contribution >= 4 is 11.9 Å². The van der Waals surface area contributed by atoms with Crippen molar-refractivity contribution in [3.8, 4) is 5.75 Å². The molecule has 0 bridgehead atoms. The Balaban J connectivity index is 2.32. The average molecular weight is 236 g/mol. The molecule has 6 heteroatoms. The smallest absolute Gasteiger partial charge is 0.339 e. The maximum atomic E-state index is 11.3. The lowest BCUT2D eigenvalue weighted by Gasteiger charge is -2.08. The van der Waals surface area contributed by atoms with Crippen LogP contribution in [0.15, 0.2) is 12.3 Å². The molecule has 90 valence electrons. The van der Waals surface area contributed by atoms with Gasteiger partial charge in [0.05, 0.1) is 12.3 Å². The molecule has 0 spiro atoms. The van der Waals surface area contributed by atoms with Gasteiger partial charge >= 0.3 is 5.97 Å². The lowest BCUT2D eigenvalue weighted by Crippen LogP contribution is -2.20. The Morgan fingerprint density at radius 1 is 1.53 bits per heavy atom. The first-order chi connectivity index (χ1) is 8.11. The molecule has 0 unspecified atom stereocenters. The highest BCUT2D eigenvalue weighted by Crippen LogP contribution is 2.28. The maximum absolute atomic E-state index is 11.3. The number of aromatic nitrogens is 1. The highest BCUT2D eigenvalue weighted by molar-refractivity contribution is 5.97. The Morgan fingerprint density at radius 3 is 2.76 bits per heavy atom. The van der Waals surface area contributed by atoms with Crippen LogP contribution >= 0.6 is 0 Å². The predicted octanol–water partition coefficient (Wildman–Crippen LogP) is 0.681. The monoisotopic (exact) mass is 236 g/mol. The van der Waals surface area contributed by atoms with E-state index in [1.807, 2.05) is 0 Å². The largest absolute Gasteiger partial charge is 0.488 e. The zero-order valence-corrected chi connectivity index (χ0v) is 9.27. The van der Waals surface area contributed by atoms with E-state index in [-0.39, 0.29) is 23.1 Å². The van der Waals surface area contributed by atoms with Crippen molar-refractivity contribution in [1.29, 1.82) is 0 Å². The molecule has 2 N–H and O–H groups in total. The minimum absolute atomic E-state index is 0.0366. The van der Waals surface area contributed by atoms with Gasteiger partial charge in [-0.15, -0.1) is 0 Å². The van der Waals surface area contributed by atoms with E-state index in [4.69, 9.17) is 9.84 Å². The van der Waals surface area contributed by atoms with E-state index in [1.54, 1.807) is 0 Å². The van der Waals surface area contributed by atoms with Crippen molar-refractivity contribution < 1.29 is 19.4 Å². The Hall–Kier alpha value is -2.11. The highest BCUT2D eigenvalue weighted by Gasteiger charge is 2.26. The van der Waals surface area contributed by atoms with Crippen LogP contribution in [0.2, 0.25) is 0 Å². The molecule has 2 rings (SSSR count). The van der Waals surface area contributed by atoms with Crippen LogP contribution in [0.3, 0.4) is 0 Å². The molecule has 0 radical (unpaired) electrons. The van der Waals surface area contributed by atoms with Crippen LogP contribution in [-0.2, 0) is 0 Å². The van der Waals surface area contributed by atoms with Crippen molar-refractivity contribution in [1.82, 2.24) is 10.3 Å². The summed E-state index contributed by atoms with van der Waals surface area (Å²) in [6.07, 6.45) is 3.22. The fourth-order valence-electron chi connectivity index (χ4n) is 1.32. The Kier molecular flexibility index (Phi) is 2.95. The molecule has 0 saturated heterocycles. The second-order valence-electron chi connectivity index (χ2n) is 3.77. The highest BCUT2D eigenvalue weighted by atomic mass is 16.5. The third kappa shape index (κ3) is 2.52. The third-order valence-corrected chi connectivity index (χ3v) is 2.38. The van der Waals surface area contributed by atoms with Crippen molar-refractivity contribution in [2.24, 2.45) is 0 Å². The number of carbonyl (C=O) groups excluding carboxylic acids is 1. The fourth-order valence-corrected chi connectivity index (χ4v) is 1.32. The quantitative estimate of drug-likeness (QED) is 0.802. The maximum Gasteiger partial charge on any atom is 0.339 e. The topological polar surface area (TPSA) is 88.5 Å². The SMILES string of the molecule is CNC(=O)c1cc(C(=O)O)c(OC2CC2)cn1. The zero-order valence-electron chi connectivity index (χ0n) is 9.27. The minimum atomic E-state index is -1.13. The second-order valence-corrected chi connectivity index (χ2v) is 3.77. The molecule has 1 saturated carbocycles. The molecule has 1 aliphatic carbocycles. The van der Waals surface area contributed by atoms with Crippen LogP contribution in [0, 0.1) is 0 Å². The van der Waals surface area contributed by atoms with Crippen molar-refractivity contribution in [2.75, 3.05) is 7.05 Å². The van der Waals surface area contributed by atoms with E-state index in [2.05, 4.69) is 10.3 Å².